The molecule has 0 heterocycles. The molecule has 1 aromatic rings. The van der Waals surface area contributed by atoms with Crippen LogP contribution in [-0.4, -0.2) is 12.1 Å². The standard InChI is InChI=1S/C15H19F3N2O/c1-10-7-8-12(9-13(10)15(16,17)18)20-14(21)19-11-5-3-2-4-6-11/h7-9,11H,2-6H2,1H3,(H2,19,20,21). The van der Waals surface area contributed by atoms with Crippen LogP contribution >= 0.6 is 0 Å². The van der Waals surface area contributed by atoms with Crippen molar-refractivity contribution < 1.29 is 18.0 Å². The number of hydrogen-bond donors (Lipinski definition) is 2. The first-order valence-electron chi connectivity index (χ1n) is 7.11. The maximum Gasteiger partial charge on any atom is 0.416 e. The van der Waals surface area contributed by atoms with Gasteiger partial charge in [0.1, 0.15) is 0 Å². The van der Waals surface area contributed by atoms with Gasteiger partial charge < -0.3 is 10.6 Å². The number of amides is 2. The lowest BCUT2D eigenvalue weighted by molar-refractivity contribution is -0.138. The van der Waals surface area contributed by atoms with Crippen LogP contribution in [0, 0.1) is 6.92 Å². The molecule has 6 heteroatoms. The second kappa shape index (κ2) is 6.37. The van der Waals surface area contributed by atoms with E-state index in [1.807, 2.05) is 0 Å². The Kier molecular flexibility index (Phi) is 4.75. The van der Waals surface area contributed by atoms with E-state index in [0.29, 0.717) is 0 Å². The van der Waals surface area contributed by atoms with E-state index in [9.17, 15) is 18.0 Å². The fourth-order valence-corrected chi connectivity index (χ4v) is 2.60. The van der Waals surface area contributed by atoms with Gasteiger partial charge in [0.15, 0.2) is 0 Å². The number of aryl methyl sites for hydroxylation is 1. The fourth-order valence-electron chi connectivity index (χ4n) is 2.60. The van der Waals surface area contributed by atoms with Gasteiger partial charge in [0.2, 0.25) is 0 Å². The van der Waals surface area contributed by atoms with Crippen LogP contribution < -0.4 is 10.6 Å². The van der Waals surface area contributed by atoms with Crippen LogP contribution in [0.15, 0.2) is 18.2 Å². The molecule has 1 fully saturated rings. The van der Waals surface area contributed by atoms with Crippen LogP contribution in [0.4, 0.5) is 23.7 Å². The van der Waals surface area contributed by atoms with Crippen molar-refractivity contribution in [2.45, 2.75) is 51.2 Å². The zero-order valence-corrected chi connectivity index (χ0v) is 11.9. The van der Waals surface area contributed by atoms with E-state index in [0.717, 1.165) is 31.7 Å². The largest absolute Gasteiger partial charge is 0.416 e. The molecule has 1 aliphatic carbocycles. The summed E-state index contributed by atoms with van der Waals surface area (Å²) in [6.07, 6.45) is 0.764. The Hall–Kier alpha value is -1.72. The molecular weight excluding hydrogens is 281 g/mol. The number of anilines is 1. The maximum absolute atomic E-state index is 12.8. The molecule has 0 saturated heterocycles. The van der Waals surface area contributed by atoms with Crippen molar-refractivity contribution in [3.63, 3.8) is 0 Å². The minimum absolute atomic E-state index is 0.117. The highest BCUT2D eigenvalue weighted by Crippen LogP contribution is 2.33. The van der Waals surface area contributed by atoms with Crippen molar-refractivity contribution in [1.29, 1.82) is 0 Å². The molecule has 0 radical (unpaired) electrons. The van der Waals surface area contributed by atoms with Gasteiger partial charge in [-0.2, -0.15) is 13.2 Å². The third kappa shape index (κ3) is 4.37. The molecule has 3 nitrogen and oxygen atoms in total. The molecule has 0 unspecified atom stereocenters. The predicted octanol–water partition coefficient (Wildman–Crippen LogP) is 4.47. The lowest BCUT2D eigenvalue weighted by Gasteiger charge is -2.23. The summed E-state index contributed by atoms with van der Waals surface area (Å²) in [4.78, 5) is 11.8. The Labute approximate surface area is 121 Å². The summed E-state index contributed by atoms with van der Waals surface area (Å²) >= 11 is 0. The molecule has 2 rings (SSSR count). The van der Waals surface area contributed by atoms with Gasteiger partial charge in [0, 0.05) is 11.7 Å². The highest BCUT2D eigenvalue weighted by atomic mass is 19.4. The number of carbonyl (C=O) groups is 1. The first kappa shape index (κ1) is 15.7. The number of nitrogens with one attached hydrogen (secondary N) is 2. The van der Waals surface area contributed by atoms with Crippen molar-refractivity contribution in [1.82, 2.24) is 5.32 Å². The average molecular weight is 300 g/mol. The van der Waals surface area contributed by atoms with Crippen molar-refractivity contribution in [3.05, 3.63) is 29.3 Å². The van der Waals surface area contributed by atoms with Crippen LogP contribution in [0.1, 0.15) is 43.2 Å². The highest BCUT2D eigenvalue weighted by molar-refractivity contribution is 5.89. The molecule has 2 amide bonds. The topological polar surface area (TPSA) is 41.1 Å². The van der Waals surface area contributed by atoms with Gasteiger partial charge in [-0.1, -0.05) is 25.3 Å². The molecule has 0 atom stereocenters. The summed E-state index contributed by atoms with van der Waals surface area (Å²) in [5.41, 5.74) is -0.431. The van der Waals surface area contributed by atoms with E-state index in [4.69, 9.17) is 0 Å². The molecule has 116 valence electrons. The van der Waals surface area contributed by atoms with E-state index in [-0.39, 0.29) is 17.3 Å². The highest BCUT2D eigenvalue weighted by Gasteiger charge is 2.32. The Morgan fingerprint density at radius 1 is 1.19 bits per heavy atom. The maximum atomic E-state index is 12.8. The number of alkyl halides is 3. The molecule has 0 bridgehead atoms. The minimum atomic E-state index is -4.42. The Morgan fingerprint density at radius 2 is 1.86 bits per heavy atom. The van der Waals surface area contributed by atoms with Crippen LogP contribution in [-0.2, 0) is 6.18 Å². The molecule has 1 aliphatic rings. The van der Waals surface area contributed by atoms with E-state index >= 15 is 0 Å². The number of carbonyl (C=O) groups excluding carboxylic acids is 1. The van der Waals surface area contributed by atoms with Crippen LogP contribution in [0.5, 0.6) is 0 Å². The van der Waals surface area contributed by atoms with E-state index in [1.165, 1.54) is 25.5 Å². The van der Waals surface area contributed by atoms with Crippen molar-refractivity contribution in [3.8, 4) is 0 Å². The van der Waals surface area contributed by atoms with Gasteiger partial charge in [0.25, 0.3) is 0 Å². The summed E-state index contributed by atoms with van der Waals surface area (Å²) in [6, 6.07) is 3.48. The quantitative estimate of drug-likeness (QED) is 0.831. The molecule has 0 aromatic heterocycles. The Bertz CT molecular complexity index is 508. The smallest absolute Gasteiger partial charge is 0.335 e. The van der Waals surface area contributed by atoms with Gasteiger partial charge in [-0.25, -0.2) is 4.79 Å². The van der Waals surface area contributed by atoms with Crippen LogP contribution in [0.3, 0.4) is 0 Å². The van der Waals surface area contributed by atoms with Crippen molar-refractivity contribution in [2.24, 2.45) is 0 Å². The third-order valence-corrected chi connectivity index (χ3v) is 3.74. The number of urea groups is 1. The van der Waals surface area contributed by atoms with E-state index < -0.39 is 17.8 Å². The summed E-state index contributed by atoms with van der Waals surface area (Å²) in [7, 11) is 0. The van der Waals surface area contributed by atoms with E-state index in [1.54, 1.807) is 0 Å². The summed E-state index contributed by atoms with van der Waals surface area (Å²) < 4.78 is 38.4. The lowest BCUT2D eigenvalue weighted by atomic mass is 9.96. The van der Waals surface area contributed by atoms with Crippen LogP contribution in [0.2, 0.25) is 0 Å². The molecule has 21 heavy (non-hydrogen) atoms. The molecule has 2 N–H and O–H groups in total. The second-order valence-electron chi connectivity index (χ2n) is 5.46. The summed E-state index contributed by atoms with van der Waals surface area (Å²) in [6.45, 7) is 1.40. The van der Waals surface area contributed by atoms with Crippen LogP contribution in [0.25, 0.3) is 0 Å². The molecule has 0 aliphatic heterocycles. The number of rotatable bonds is 2. The average Bonchev–Trinajstić information content (AvgIpc) is 2.41. The minimum Gasteiger partial charge on any atom is -0.335 e. The number of hydrogen-bond acceptors (Lipinski definition) is 1. The van der Waals surface area contributed by atoms with Crippen molar-refractivity contribution in [2.75, 3.05) is 5.32 Å². The molecule has 1 aromatic carbocycles. The first-order chi connectivity index (χ1) is 9.86. The Balaban J connectivity index is 2.00. The monoisotopic (exact) mass is 300 g/mol. The molecule has 0 spiro atoms. The zero-order chi connectivity index (χ0) is 15.5. The number of halogens is 3. The SMILES string of the molecule is Cc1ccc(NC(=O)NC2CCCCC2)cc1C(F)(F)F. The van der Waals surface area contributed by atoms with Gasteiger partial charge in [0.05, 0.1) is 5.56 Å². The lowest BCUT2D eigenvalue weighted by Crippen LogP contribution is -2.39. The third-order valence-electron chi connectivity index (χ3n) is 3.74. The van der Waals surface area contributed by atoms with Gasteiger partial charge in [-0.05, 0) is 37.5 Å². The molecule has 1 saturated carbocycles. The van der Waals surface area contributed by atoms with Gasteiger partial charge in [-0.15, -0.1) is 0 Å². The number of benzene rings is 1. The fraction of sp³-hybridized carbons (Fsp3) is 0.533. The predicted molar refractivity (Wildman–Crippen MR) is 75.2 cm³/mol. The van der Waals surface area contributed by atoms with E-state index in [2.05, 4.69) is 10.6 Å². The molecular formula is C15H19F3N2O. The first-order valence-corrected chi connectivity index (χ1v) is 7.11. The Morgan fingerprint density at radius 3 is 2.48 bits per heavy atom. The van der Waals surface area contributed by atoms with Gasteiger partial charge >= 0.3 is 12.2 Å². The normalized spacial score (nSPS) is 16.6. The van der Waals surface area contributed by atoms with Crippen molar-refractivity contribution >= 4 is 11.7 Å². The summed E-state index contributed by atoms with van der Waals surface area (Å²) in [5, 5.41) is 5.29. The summed E-state index contributed by atoms with van der Waals surface area (Å²) in [5.74, 6) is 0. The zero-order valence-electron chi connectivity index (χ0n) is 11.9. The van der Waals surface area contributed by atoms with Gasteiger partial charge in [-0.3, -0.25) is 0 Å². The second-order valence-corrected chi connectivity index (χ2v) is 5.46.